The average Bonchev–Trinajstić information content (AvgIpc) is 3.25. The lowest BCUT2D eigenvalue weighted by Crippen LogP contribution is -2.32. The van der Waals surface area contributed by atoms with Crippen LogP contribution in [-0.4, -0.2) is 65.1 Å². The van der Waals surface area contributed by atoms with Crippen LogP contribution in [0.5, 0.6) is 5.75 Å². The predicted molar refractivity (Wildman–Crippen MR) is 254 cm³/mol. The first-order valence-corrected chi connectivity index (χ1v) is 21.8. The van der Waals surface area contributed by atoms with Gasteiger partial charge in [0.25, 0.3) is 23.6 Å². The summed E-state index contributed by atoms with van der Waals surface area (Å²) in [5, 5.41) is 27.1. The molecule has 0 aliphatic carbocycles. The Hall–Kier alpha value is -6.23. The van der Waals surface area contributed by atoms with Gasteiger partial charge in [0.1, 0.15) is 5.75 Å². The second-order valence-corrected chi connectivity index (χ2v) is 15.7. The van der Waals surface area contributed by atoms with Gasteiger partial charge < -0.3 is 26.0 Å². The maximum Gasteiger partial charge on any atom is 0.258 e. The minimum absolute atomic E-state index is 0.0282. The molecule has 5 rings (SSSR count). The van der Waals surface area contributed by atoms with Gasteiger partial charge in [-0.1, -0.05) is 71.2 Å². The number of nitrogens with one attached hydrogen (secondary N) is 4. The smallest absolute Gasteiger partial charge is 0.258 e. The zero-order chi connectivity index (χ0) is 47.0. The summed E-state index contributed by atoms with van der Waals surface area (Å²) in [4.78, 5) is 78.4. The average molecular weight is 981 g/mol. The number of carbonyl (C=O) groups is 6. The maximum atomic E-state index is 13.4. The lowest BCUT2D eigenvalue weighted by atomic mass is 10.1. The largest absolute Gasteiger partial charge is 0.476 e. The second-order valence-electron chi connectivity index (χ2n) is 13.9. The molecule has 20 heteroatoms. The molecule has 2 unspecified atom stereocenters. The Bertz CT molecular complexity index is 2660. The molecule has 65 heavy (non-hydrogen) atoms. The minimum atomic E-state index is -1.65. The first-order valence-electron chi connectivity index (χ1n) is 19.5. The number of amides is 4. The van der Waals surface area contributed by atoms with E-state index in [1.807, 2.05) is 24.3 Å². The van der Waals surface area contributed by atoms with Crippen LogP contribution >= 0.6 is 58.0 Å². The van der Waals surface area contributed by atoms with Crippen molar-refractivity contribution in [1.82, 2.24) is 0 Å². The molecular weight excluding hydrogens is 942 g/mol. The molecule has 0 aliphatic heterocycles. The van der Waals surface area contributed by atoms with E-state index in [1.54, 1.807) is 24.3 Å². The molecule has 0 aliphatic rings. The number of hydrogen-bond acceptors (Lipinski definition) is 11. The van der Waals surface area contributed by atoms with E-state index in [0.29, 0.717) is 36.0 Å². The van der Waals surface area contributed by atoms with E-state index in [9.17, 15) is 28.8 Å². The maximum absolute atomic E-state index is 13.4. The van der Waals surface area contributed by atoms with Crippen molar-refractivity contribution in [1.29, 1.82) is 0 Å². The van der Waals surface area contributed by atoms with E-state index >= 15 is 0 Å². The Morgan fingerprint density at radius 1 is 0.554 bits per heavy atom. The van der Waals surface area contributed by atoms with Crippen LogP contribution < -0.4 is 26.0 Å². The van der Waals surface area contributed by atoms with Crippen LogP contribution in [0.4, 0.5) is 34.1 Å². The fraction of sp³-hybridized carbons (Fsp3) is 0.200. The highest BCUT2D eigenvalue weighted by atomic mass is 35.5. The van der Waals surface area contributed by atoms with E-state index < -0.39 is 47.3 Å². The van der Waals surface area contributed by atoms with Gasteiger partial charge in [-0.15, -0.1) is 23.2 Å². The molecule has 0 radical (unpaired) electrons. The van der Waals surface area contributed by atoms with Gasteiger partial charge in [0.05, 0.1) is 17.1 Å². The molecule has 5 aromatic rings. The number of ether oxygens (including phenoxy) is 1. The molecule has 15 nitrogen and oxygen atoms in total. The van der Waals surface area contributed by atoms with Crippen LogP contribution in [0.2, 0.25) is 10.0 Å². The highest BCUT2D eigenvalue weighted by Crippen LogP contribution is 2.31. The van der Waals surface area contributed by atoms with Gasteiger partial charge in [-0.2, -0.15) is 20.5 Å². The summed E-state index contributed by atoms with van der Waals surface area (Å²) in [7, 11) is 0. The molecule has 5 aromatic carbocycles. The van der Waals surface area contributed by atoms with Gasteiger partial charge in [-0.25, -0.2) is 0 Å². The molecule has 0 spiro atoms. The summed E-state index contributed by atoms with van der Waals surface area (Å²) in [6.45, 7) is 2.29. The summed E-state index contributed by atoms with van der Waals surface area (Å²) in [6.07, 6.45) is 1.06. The van der Waals surface area contributed by atoms with E-state index in [0.717, 1.165) is 25.0 Å². The number of rotatable bonds is 20. The normalized spacial score (nSPS) is 12.0. The minimum Gasteiger partial charge on any atom is -0.476 e. The molecule has 2 atom stereocenters. The number of aryl methyl sites for hydroxylation is 2. The fourth-order valence-electron chi connectivity index (χ4n) is 6.02. The zero-order valence-electron chi connectivity index (χ0n) is 34.5. The molecule has 0 saturated carbocycles. The topological polar surface area (TPSA) is 209 Å². The van der Waals surface area contributed by atoms with Crippen LogP contribution in [0.15, 0.2) is 124 Å². The molecular formula is C45H39Cl5N8O7. The quantitative estimate of drug-likeness (QED) is 0.0336. The first-order chi connectivity index (χ1) is 31.2. The number of Topliss-reactive ketones (excluding diaryl/α,β-unsaturated/α-hetero) is 2. The Balaban J connectivity index is 1.27. The summed E-state index contributed by atoms with van der Waals surface area (Å²) < 4.78 is 5.49. The number of benzene rings is 5. The van der Waals surface area contributed by atoms with Crippen LogP contribution in [0.25, 0.3) is 0 Å². The van der Waals surface area contributed by atoms with Crippen molar-refractivity contribution in [3.05, 3.63) is 135 Å². The number of nitrogens with zero attached hydrogens (tertiary/aromatic N) is 4. The number of hydrogen-bond donors (Lipinski definition) is 4. The zero-order valence-corrected chi connectivity index (χ0v) is 38.3. The van der Waals surface area contributed by atoms with Crippen LogP contribution in [0, 0.1) is 0 Å². The summed E-state index contributed by atoms with van der Waals surface area (Å²) in [5.41, 5.74) is 3.43. The van der Waals surface area contributed by atoms with Crippen LogP contribution in [-0.2, 0) is 32.0 Å². The molecule has 0 heterocycles. The molecule has 0 fully saturated rings. The number of halogens is 5. The predicted octanol–water partition coefficient (Wildman–Crippen LogP) is 11.0. The molecule has 0 saturated heterocycles. The van der Waals surface area contributed by atoms with E-state index in [2.05, 4.69) is 41.7 Å². The monoisotopic (exact) mass is 978 g/mol. The third-order valence-corrected chi connectivity index (χ3v) is 10.0. The molecule has 336 valence electrons. The van der Waals surface area contributed by atoms with Crippen molar-refractivity contribution in [2.45, 2.75) is 38.8 Å². The Kier molecular flexibility index (Phi) is 18.5. The van der Waals surface area contributed by atoms with Crippen molar-refractivity contribution in [3.8, 4) is 5.75 Å². The number of azo groups is 2. The summed E-state index contributed by atoms with van der Waals surface area (Å²) in [5.74, 6) is -3.40. The number of ketones is 2. The number of carbonyl (C=O) groups excluding carboxylic acids is 6. The van der Waals surface area contributed by atoms with Gasteiger partial charge in [0, 0.05) is 56.1 Å². The van der Waals surface area contributed by atoms with Gasteiger partial charge in [0.15, 0.2) is 17.6 Å². The second kappa shape index (κ2) is 24.2. The molecule has 4 N–H and O–H groups in total. The van der Waals surface area contributed by atoms with Gasteiger partial charge in [-0.05, 0) is 98.5 Å². The lowest BCUT2D eigenvalue weighted by molar-refractivity contribution is -0.127. The van der Waals surface area contributed by atoms with Gasteiger partial charge >= 0.3 is 0 Å². The first kappa shape index (κ1) is 49.8. The molecule has 4 amide bonds. The molecule has 0 aromatic heterocycles. The van der Waals surface area contributed by atoms with E-state index in [-0.39, 0.29) is 55.7 Å². The number of alkyl halides is 3. The lowest BCUT2D eigenvalue weighted by Gasteiger charge is -2.15. The fourth-order valence-corrected chi connectivity index (χ4v) is 7.00. The standard InChI is InChI=1S/C45H39Cl5N8O7/c1-25(59)40(57-55-34-19-29(17-31(49)21-34)42(61)52-36-9-5-3-7-27(36)13-15-46)44(63)51-33-11-12-38(39(23-33)65-24-48)54-45(64)41(26(2)60)58-56-35-20-30(18-32(50)22-35)43(62)53-37-10-6-4-8-28(37)14-16-47/h3-12,17-23,40-41H,13-16,24H2,1-2H3,(H,51,63)(H,52,61)(H,53,62)(H,54,64). The summed E-state index contributed by atoms with van der Waals surface area (Å²) >= 11 is 30.3. The van der Waals surface area contributed by atoms with Crippen molar-refractivity contribution in [2.75, 3.05) is 39.1 Å². The van der Waals surface area contributed by atoms with Gasteiger partial charge in [-0.3, -0.25) is 28.8 Å². The van der Waals surface area contributed by atoms with Crippen molar-refractivity contribution in [3.63, 3.8) is 0 Å². The Labute approximate surface area is 398 Å². The van der Waals surface area contributed by atoms with E-state index in [1.165, 1.54) is 54.6 Å². The van der Waals surface area contributed by atoms with Crippen molar-refractivity contribution in [2.24, 2.45) is 20.5 Å². The van der Waals surface area contributed by atoms with Crippen LogP contribution in [0.3, 0.4) is 0 Å². The number of para-hydroxylation sites is 2. The highest BCUT2D eigenvalue weighted by Gasteiger charge is 2.26. The van der Waals surface area contributed by atoms with Crippen LogP contribution in [0.1, 0.15) is 45.7 Å². The SMILES string of the molecule is CC(=O)C(N=Nc1cc(Cl)cc(C(=O)Nc2ccccc2CCCl)c1)C(=O)Nc1ccc(NC(=O)C(N=Nc2cc(Cl)cc(C(=O)Nc3ccccc3CCCl)c2)C(C)=O)c(OCCl)c1. The Morgan fingerprint density at radius 2 is 1.02 bits per heavy atom. The third-order valence-electron chi connectivity index (χ3n) is 9.11. The Morgan fingerprint density at radius 3 is 1.46 bits per heavy atom. The van der Waals surface area contributed by atoms with Gasteiger partial charge in [0.2, 0.25) is 12.1 Å². The highest BCUT2D eigenvalue weighted by molar-refractivity contribution is 6.32. The summed E-state index contributed by atoms with van der Waals surface area (Å²) in [6, 6.07) is 23.2. The molecule has 0 bridgehead atoms. The third kappa shape index (κ3) is 14.4. The number of anilines is 4. The van der Waals surface area contributed by atoms with Crippen molar-refractivity contribution >= 4 is 127 Å². The van der Waals surface area contributed by atoms with Crippen molar-refractivity contribution < 1.29 is 33.5 Å². The van der Waals surface area contributed by atoms with E-state index in [4.69, 9.17) is 62.7 Å².